The minimum Gasteiger partial charge on any atom is -0.550 e. The molecule has 2 N–H and O–H groups in total. The zero-order valence-electron chi connectivity index (χ0n) is 11.2. The number of quaternary nitrogens is 1. The predicted molar refractivity (Wildman–Crippen MR) is 65.8 cm³/mol. The highest BCUT2D eigenvalue weighted by molar-refractivity contribution is 5.76. The molecule has 1 rings (SSSR count). The molecular weight excluding hydrogens is 232 g/mol. The quantitative estimate of drug-likeness (QED) is 0.572. The van der Waals surface area contributed by atoms with Gasteiger partial charge in [-0.2, -0.15) is 0 Å². The highest BCUT2D eigenvalue weighted by Gasteiger charge is 2.14. The molecule has 0 aliphatic carbocycles. The van der Waals surface area contributed by atoms with Gasteiger partial charge in [0, 0.05) is 12.4 Å². The van der Waals surface area contributed by atoms with Crippen molar-refractivity contribution in [2.24, 2.45) is 5.92 Å². The second-order valence-corrected chi connectivity index (χ2v) is 5.30. The van der Waals surface area contributed by atoms with E-state index in [9.17, 15) is 14.7 Å². The van der Waals surface area contributed by atoms with Gasteiger partial charge in [-0.25, -0.2) is 0 Å². The smallest absolute Gasteiger partial charge is 0.220 e. The van der Waals surface area contributed by atoms with Crippen molar-refractivity contribution in [2.75, 3.05) is 26.2 Å². The summed E-state index contributed by atoms with van der Waals surface area (Å²) in [7, 11) is 0. The molecular formula is C13H24N2O3. The third-order valence-corrected chi connectivity index (χ3v) is 3.41. The van der Waals surface area contributed by atoms with E-state index in [1.807, 2.05) is 0 Å². The van der Waals surface area contributed by atoms with E-state index in [4.69, 9.17) is 0 Å². The second kappa shape index (κ2) is 8.08. The van der Waals surface area contributed by atoms with Gasteiger partial charge >= 0.3 is 0 Å². The van der Waals surface area contributed by atoms with Crippen molar-refractivity contribution in [3.63, 3.8) is 0 Å². The van der Waals surface area contributed by atoms with E-state index in [1.165, 1.54) is 32.4 Å². The summed E-state index contributed by atoms with van der Waals surface area (Å²) in [6.07, 6.45) is 4.11. The number of aliphatic carboxylic acids is 1. The summed E-state index contributed by atoms with van der Waals surface area (Å²) in [5.74, 6) is -1.30. The van der Waals surface area contributed by atoms with Crippen LogP contribution in [0, 0.1) is 5.92 Å². The molecule has 0 spiro atoms. The van der Waals surface area contributed by atoms with E-state index in [-0.39, 0.29) is 24.7 Å². The van der Waals surface area contributed by atoms with Gasteiger partial charge in [-0.15, -0.1) is 0 Å². The fourth-order valence-corrected chi connectivity index (χ4v) is 2.43. The van der Waals surface area contributed by atoms with Crippen LogP contribution in [0.3, 0.4) is 0 Å². The zero-order chi connectivity index (χ0) is 13.4. The van der Waals surface area contributed by atoms with Gasteiger partial charge in [0.15, 0.2) is 0 Å². The van der Waals surface area contributed by atoms with Gasteiger partial charge in [0.05, 0.1) is 26.2 Å². The number of likely N-dealkylation sites (tertiary alicyclic amines) is 1. The summed E-state index contributed by atoms with van der Waals surface area (Å²) in [6, 6.07) is 0. The average molecular weight is 256 g/mol. The molecule has 1 aliphatic heterocycles. The van der Waals surface area contributed by atoms with Crippen molar-refractivity contribution in [3.05, 3.63) is 0 Å². The minimum absolute atomic E-state index is 0.0508. The van der Waals surface area contributed by atoms with Crippen molar-refractivity contribution in [1.29, 1.82) is 0 Å². The Kier molecular flexibility index (Phi) is 6.72. The molecule has 5 heteroatoms. The maximum absolute atomic E-state index is 11.5. The lowest BCUT2D eigenvalue weighted by Crippen LogP contribution is -3.13. The van der Waals surface area contributed by atoms with Gasteiger partial charge in [0.25, 0.3) is 0 Å². The number of nitrogens with one attached hydrogen (secondary N) is 2. The molecule has 1 atom stereocenters. The van der Waals surface area contributed by atoms with Crippen LogP contribution in [0.25, 0.3) is 0 Å². The number of piperidine rings is 1. The summed E-state index contributed by atoms with van der Waals surface area (Å²) in [5, 5.41) is 13.2. The normalized spacial score (nSPS) is 18.3. The Labute approximate surface area is 109 Å². The number of hydrogen-bond donors (Lipinski definition) is 2. The lowest BCUT2D eigenvalue weighted by molar-refractivity contribution is -0.903. The Morgan fingerprint density at radius 2 is 1.89 bits per heavy atom. The SMILES string of the molecule is C[C@@H](CC(=O)[O-])CC(=O)NCC[NH+]1CCCCC1. The first kappa shape index (κ1) is 15.0. The lowest BCUT2D eigenvalue weighted by Gasteiger charge is -2.23. The van der Waals surface area contributed by atoms with E-state index in [0.29, 0.717) is 6.54 Å². The summed E-state index contributed by atoms with van der Waals surface area (Å²) in [5.41, 5.74) is 0. The molecule has 104 valence electrons. The number of carbonyl (C=O) groups excluding carboxylic acids is 2. The zero-order valence-corrected chi connectivity index (χ0v) is 11.2. The lowest BCUT2D eigenvalue weighted by atomic mass is 10.0. The maximum atomic E-state index is 11.5. The maximum Gasteiger partial charge on any atom is 0.220 e. The van der Waals surface area contributed by atoms with E-state index in [2.05, 4.69) is 5.32 Å². The molecule has 1 fully saturated rings. The number of rotatable bonds is 7. The van der Waals surface area contributed by atoms with E-state index < -0.39 is 5.97 Å². The van der Waals surface area contributed by atoms with Crippen LogP contribution in [0.15, 0.2) is 0 Å². The minimum atomic E-state index is -1.09. The fourth-order valence-electron chi connectivity index (χ4n) is 2.43. The molecule has 0 bridgehead atoms. The van der Waals surface area contributed by atoms with Gasteiger partial charge in [0.2, 0.25) is 5.91 Å². The van der Waals surface area contributed by atoms with Crippen LogP contribution >= 0.6 is 0 Å². The molecule has 1 saturated heterocycles. The molecule has 0 unspecified atom stereocenters. The summed E-state index contributed by atoms with van der Waals surface area (Å²) >= 11 is 0. The van der Waals surface area contributed by atoms with Gasteiger partial charge in [-0.05, 0) is 31.6 Å². The Balaban J connectivity index is 2.07. The summed E-state index contributed by atoms with van der Waals surface area (Å²) in [6.45, 7) is 5.83. The molecule has 18 heavy (non-hydrogen) atoms. The monoisotopic (exact) mass is 256 g/mol. The number of carbonyl (C=O) groups is 2. The molecule has 0 aromatic carbocycles. The van der Waals surface area contributed by atoms with Crippen LogP contribution in [0.5, 0.6) is 0 Å². The van der Waals surface area contributed by atoms with Gasteiger partial charge in [-0.1, -0.05) is 6.92 Å². The molecule has 0 radical (unpaired) electrons. The van der Waals surface area contributed by atoms with Crippen LogP contribution in [-0.4, -0.2) is 38.1 Å². The van der Waals surface area contributed by atoms with Crippen molar-refractivity contribution in [2.45, 2.75) is 39.0 Å². The molecule has 0 saturated carbocycles. The van der Waals surface area contributed by atoms with Crippen molar-refractivity contribution < 1.29 is 19.6 Å². The van der Waals surface area contributed by atoms with Crippen molar-refractivity contribution in [3.8, 4) is 0 Å². The number of carboxylic acid groups (broad SMARTS) is 1. The largest absolute Gasteiger partial charge is 0.550 e. The highest BCUT2D eigenvalue weighted by atomic mass is 16.4. The van der Waals surface area contributed by atoms with Crippen LogP contribution in [-0.2, 0) is 9.59 Å². The van der Waals surface area contributed by atoms with Crippen molar-refractivity contribution in [1.82, 2.24) is 5.32 Å². The van der Waals surface area contributed by atoms with Gasteiger partial charge in [0.1, 0.15) is 0 Å². The van der Waals surface area contributed by atoms with Gasteiger partial charge < -0.3 is 20.1 Å². The number of amides is 1. The van der Waals surface area contributed by atoms with Crippen LogP contribution in [0.2, 0.25) is 0 Å². The average Bonchev–Trinajstić information content (AvgIpc) is 2.29. The molecule has 1 aliphatic rings. The number of carboxylic acids is 1. The fraction of sp³-hybridized carbons (Fsp3) is 0.846. The summed E-state index contributed by atoms with van der Waals surface area (Å²) < 4.78 is 0. The first-order chi connectivity index (χ1) is 8.58. The van der Waals surface area contributed by atoms with Crippen molar-refractivity contribution >= 4 is 11.9 Å². The third kappa shape index (κ3) is 6.59. The van der Waals surface area contributed by atoms with Gasteiger partial charge in [-0.3, -0.25) is 4.79 Å². The molecule has 5 nitrogen and oxygen atoms in total. The van der Waals surface area contributed by atoms with Crippen LogP contribution in [0.4, 0.5) is 0 Å². The first-order valence-corrected chi connectivity index (χ1v) is 6.88. The highest BCUT2D eigenvalue weighted by Crippen LogP contribution is 2.05. The molecule has 1 heterocycles. The molecule has 0 aromatic heterocycles. The van der Waals surface area contributed by atoms with E-state index in [1.54, 1.807) is 11.8 Å². The van der Waals surface area contributed by atoms with E-state index >= 15 is 0 Å². The Morgan fingerprint density at radius 3 is 2.50 bits per heavy atom. The summed E-state index contributed by atoms with van der Waals surface area (Å²) in [4.78, 5) is 23.5. The topological polar surface area (TPSA) is 73.7 Å². The Morgan fingerprint density at radius 1 is 1.22 bits per heavy atom. The standard InChI is InChI=1S/C13H24N2O3/c1-11(10-13(17)18)9-12(16)14-5-8-15-6-3-2-4-7-15/h11H,2-10H2,1H3,(H,14,16)(H,17,18)/t11-/m1/s1. The Bertz CT molecular complexity index is 275. The Hall–Kier alpha value is -1.10. The third-order valence-electron chi connectivity index (χ3n) is 3.41. The molecule has 0 aromatic rings. The molecule has 1 amide bonds. The van der Waals surface area contributed by atoms with E-state index in [0.717, 1.165) is 6.54 Å². The number of hydrogen-bond acceptors (Lipinski definition) is 3. The predicted octanol–water partition coefficient (Wildman–Crippen LogP) is -1.66. The van der Waals surface area contributed by atoms with Crippen LogP contribution in [0.1, 0.15) is 39.0 Å². The second-order valence-electron chi connectivity index (χ2n) is 5.30. The first-order valence-electron chi connectivity index (χ1n) is 6.88. The van der Waals surface area contributed by atoms with Crippen LogP contribution < -0.4 is 15.3 Å².